The van der Waals surface area contributed by atoms with Crippen molar-refractivity contribution in [2.24, 2.45) is 4.99 Å². The predicted octanol–water partition coefficient (Wildman–Crippen LogP) is 3.99. The van der Waals surface area contributed by atoms with E-state index in [4.69, 9.17) is 4.99 Å². The molecule has 0 saturated carbocycles. The van der Waals surface area contributed by atoms with Crippen LogP contribution in [0.2, 0.25) is 0 Å². The van der Waals surface area contributed by atoms with Crippen LogP contribution in [0.4, 0.5) is 5.82 Å². The molecule has 0 radical (unpaired) electrons. The monoisotopic (exact) mass is 493 g/mol. The molecule has 1 fully saturated rings. The summed E-state index contributed by atoms with van der Waals surface area (Å²) in [5.41, 5.74) is 2.68. The maximum absolute atomic E-state index is 4.83. The number of hydrogen-bond acceptors (Lipinski definition) is 3. The summed E-state index contributed by atoms with van der Waals surface area (Å²) in [6.07, 6.45) is 5.09. The zero-order chi connectivity index (χ0) is 18.9. The number of aryl methyl sites for hydroxylation is 1. The molecule has 0 amide bonds. The van der Waals surface area contributed by atoms with Gasteiger partial charge in [-0.3, -0.25) is 0 Å². The van der Waals surface area contributed by atoms with Crippen LogP contribution in [0.3, 0.4) is 0 Å². The fourth-order valence-electron chi connectivity index (χ4n) is 3.53. The highest BCUT2D eigenvalue weighted by Crippen LogP contribution is 2.17. The smallest absolute Gasteiger partial charge is 0.191 e. The van der Waals surface area contributed by atoms with E-state index in [1.807, 2.05) is 12.3 Å². The lowest BCUT2D eigenvalue weighted by Gasteiger charge is -2.33. The van der Waals surface area contributed by atoms with Crippen LogP contribution in [0.15, 0.2) is 53.7 Å². The van der Waals surface area contributed by atoms with Gasteiger partial charge in [0.15, 0.2) is 5.96 Å². The van der Waals surface area contributed by atoms with Gasteiger partial charge in [-0.15, -0.1) is 24.0 Å². The number of aromatic nitrogens is 1. The first-order valence-corrected chi connectivity index (χ1v) is 10.1. The number of hydrogen-bond donors (Lipinski definition) is 2. The third-order valence-electron chi connectivity index (χ3n) is 5.06. The van der Waals surface area contributed by atoms with Gasteiger partial charge in [0.2, 0.25) is 0 Å². The first-order chi connectivity index (χ1) is 13.3. The molecule has 1 aromatic carbocycles. The molecule has 2 heterocycles. The fraction of sp³-hybridized carbons (Fsp3) is 0.455. The van der Waals surface area contributed by atoms with E-state index in [0.29, 0.717) is 12.6 Å². The SMILES string of the molecule is CCNC(=NCc1ccccc1CC)NC1CCN(c2ccccn2)CC1.I. The number of nitrogens with zero attached hydrogens (tertiary/aromatic N) is 3. The minimum atomic E-state index is 0. The van der Waals surface area contributed by atoms with Crippen LogP contribution in [-0.4, -0.2) is 36.6 Å². The van der Waals surface area contributed by atoms with Gasteiger partial charge in [-0.2, -0.15) is 0 Å². The number of benzene rings is 1. The van der Waals surface area contributed by atoms with Crippen LogP contribution in [-0.2, 0) is 13.0 Å². The van der Waals surface area contributed by atoms with Gasteiger partial charge in [-0.1, -0.05) is 37.3 Å². The van der Waals surface area contributed by atoms with E-state index < -0.39 is 0 Å². The Morgan fingerprint density at radius 2 is 1.79 bits per heavy atom. The molecule has 6 heteroatoms. The molecule has 0 spiro atoms. The highest BCUT2D eigenvalue weighted by atomic mass is 127. The summed E-state index contributed by atoms with van der Waals surface area (Å²) in [5.74, 6) is 1.99. The largest absolute Gasteiger partial charge is 0.357 e. The zero-order valence-corrected chi connectivity index (χ0v) is 19.2. The normalized spacial score (nSPS) is 15.1. The maximum Gasteiger partial charge on any atom is 0.191 e. The molecule has 1 saturated heterocycles. The molecular weight excluding hydrogens is 461 g/mol. The fourth-order valence-corrected chi connectivity index (χ4v) is 3.53. The number of anilines is 1. The molecule has 0 unspecified atom stereocenters. The van der Waals surface area contributed by atoms with Crippen molar-refractivity contribution in [1.29, 1.82) is 0 Å². The van der Waals surface area contributed by atoms with E-state index in [2.05, 4.69) is 70.8 Å². The van der Waals surface area contributed by atoms with Crippen LogP contribution >= 0.6 is 24.0 Å². The Labute approximate surface area is 186 Å². The van der Waals surface area contributed by atoms with Crippen molar-refractivity contribution in [2.75, 3.05) is 24.5 Å². The van der Waals surface area contributed by atoms with Crippen molar-refractivity contribution in [2.45, 2.75) is 45.7 Å². The molecule has 5 nitrogen and oxygen atoms in total. The van der Waals surface area contributed by atoms with E-state index >= 15 is 0 Å². The van der Waals surface area contributed by atoms with Crippen molar-refractivity contribution in [3.63, 3.8) is 0 Å². The minimum Gasteiger partial charge on any atom is -0.357 e. The summed E-state index contributed by atoms with van der Waals surface area (Å²) in [5, 5.41) is 7.02. The molecule has 2 N–H and O–H groups in total. The number of piperidine rings is 1. The Hall–Kier alpha value is -1.83. The lowest BCUT2D eigenvalue weighted by atomic mass is 10.1. The van der Waals surface area contributed by atoms with Gasteiger partial charge in [0.05, 0.1) is 6.54 Å². The first kappa shape index (κ1) is 22.5. The molecule has 28 heavy (non-hydrogen) atoms. The van der Waals surface area contributed by atoms with Crippen LogP contribution in [0.25, 0.3) is 0 Å². The molecule has 2 aromatic rings. The van der Waals surface area contributed by atoms with Crippen LogP contribution in [0.5, 0.6) is 0 Å². The highest BCUT2D eigenvalue weighted by molar-refractivity contribution is 14.0. The topological polar surface area (TPSA) is 52.6 Å². The maximum atomic E-state index is 4.83. The van der Waals surface area contributed by atoms with Gasteiger partial charge in [-0.05, 0) is 49.4 Å². The third kappa shape index (κ3) is 6.36. The summed E-state index contributed by atoms with van der Waals surface area (Å²) < 4.78 is 0. The average molecular weight is 493 g/mol. The van der Waals surface area contributed by atoms with Gasteiger partial charge in [0.25, 0.3) is 0 Å². The number of aliphatic imine (C=N–C) groups is 1. The van der Waals surface area contributed by atoms with Crippen molar-refractivity contribution >= 4 is 35.8 Å². The van der Waals surface area contributed by atoms with Gasteiger partial charge in [0, 0.05) is 31.9 Å². The molecule has 0 bridgehead atoms. The molecule has 0 atom stereocenters. The van der Waals surface area contributed by atoms with E-state index in [1.54, 1.807) is 0 Å². The number of rotatable bonds is 6. The number of guanidine groups is 1. The van der Waals surface area contributed by atoms with Crippen molar-refractivity contribution < 1.29 is 0 Å². The average Bonchev–Trinajstić information content (AvgIpc) is 2.73. The second kappa shape index (κ2) is 11.9. The Balaban J connectivity index is 0.00000280. The second-order valence-corrected chi connectivity index (χ2v) is 6.91. The van der Waals surface area contributed by atoms with Gasteiger partial charge in [0.1, 0.15) is 5.82 Å². The summed E-state index contributed by atoms with van der Waals surface area (Å²) >= 11 is 0. The van der Waals surface area contributed by atoms with Crippen LogP contribution in [0, 0.1) is 0 Å². The van der Waals surface area contributed by atoms with Crippen LogP contribution in [0.1, 0.15) is 37.8 Å². The van der Waals surface area contributed by atoms with E-state index in [9.17, 15) is 0 Å². The minimum absolute atomic E-state index is 0. The standard InChI is InChI=1S/C22H31N5.HI/c1-3-18-9-5-6-10-19(18)17-25-22(23-4-2)26-20-12-15-27(16-13-20)21-11-7-8-14-24-21;/h5-11,14,20H,3-4,12-13,15-17H2,1-2H3,(H2,23,25,26);1H. The Kier molecular flexibility index (Phi) is 9.54. The summed E-state index contributed by atoms with van der Waals surface area (Å²) in [7, 11) is 0. The summed E-state index contributed by atoms with van der Waals surface area (Å²) in [6.45, 7) is 7.93. The number of halogens is 1. The molecule has 1 aliphatic heterocycles. The van der Waals surface area contributed by atoms with Gasteiger partial charge in [-0.25, -0.2) is 9.98 Å². The molecular formula is C22H32IN5. The highest BCUT2D eigenvalue weighted by Gasteiger charge is 2.20. The first-order valence-electron chi connectivity index (χ1n) is 10.1. The third-order valence-corrected chi connectivity index (χ3v) is 5.06. The number of pyridine rings is 1. The lowest BCUT2D eigenvalue weighted by molar-refractivity contribution is 0.459. The van der Waals surface area contributed by atoms with Gasteiger partial charge < -0.3 is 15.5 Å². The van der Waals surface area contributed by atoms with Crippen molar-refractivity contribution in [1.82, 2.24) is 15.6 Å². The Bertz CT molecular complexity index is 727. The van der Waals surface area contributed by atoms with E-state index in [1.165, 1.54) is 11.1 Å². The molecule has 1 aromatic heterocycles. The molecule has 3 rings (SSSR count). The Morgan fingerprint density at radius 3 is 2.43 bits per heavy atom. The molecule has 152 valence electrons. The van der Waals surface area contributed by atoms with E-state index in [0.717, 1.165) is 50.7 Å². The molecule has 1 aliphatic rings. The molecule has 0 aliphatic carbocycles. The Morgan fingerprint density at radius 1 is 1.07 bits per heavy atom. The van der Waals surface area contributed by atoms with E-state index in [-0.39, 0.29) is 24.0 Å². The lowest BCUT2D eigenvalue weighted by Crippen LogP contribution is -2.48. The second-order valence-electron chi connectivity index (χ2n) is 6.91. The zero-order valence-electron chi connectivity index (χ0n) is 16.9. The summed E-state index contributed by atoms with van der Waals surface area (Å²) in [4.78, 5) is 11.7. The summed E-state index contributed by atoms with van der Waals surface area (Å²) in [6, 6.07) is 15.1. The quantitative estimate of drug-likeness (QED) is 0.363. The van der Waals surface area contributed by atoms with Crippen LogP contribution < -0.4 is 15.5 Å². The van der Waals surface area contributed by atoms with Crippen molar-refractivity contribution in [3.8, 4) is 0 Å². The number of nitrogens with one attached hydrogen (secondary N) is 2. The van der Waals surface area contributed by atoms with Crippen molar-refractivity contribution in [3.05, 3.63) is 59.8 Å². The van der Waals surface area contributed by atoms with Gasteiger partial charge >= 0.3 is 0 Å². The predicted molar refractivity (Wildman–Crippen MR) is 129 cm³/mol.